The lowest BCUT2D eigenvalue weighted by molar-refractivity contribution is -0.133. The minimum Gasteiger partial charge on any atom is -0.426 e. The lowest BCUT2D eigenvalue weighted by atomic mass is 10.1. The number of hydrogen-bond acceptors (Lipinski definition) is 3. The predicted octanol–water partition coefficient (Wildman–Crippen LogP) is 2.85. The van der Waals surface area contributed by atoms with Crippen molar-refractivity contribution < 1.29 is 9.53 Å². The summed E-state index contributed by atoms with van der Waals surface area (Å²) in [6.45, 7) is 3.94. The summed E-state index contributed by atoms with van der Waals surface area (Å²) >= 11 is 0. The largest absolute Gasteiger partial charge is 0.426 e. The van der Waals surface area contributed by atoms with Crippen LogP contribution >= 0.6 is 0 Å². The number of pyridine rings is 1. The van der Waals surface area contributed by atoms with Gasteiger partial charge in [-0.3, -0.25) is 9.78 Å². The predicted molar refractivity (Wildman–Crippen MR) is 69.5 cm³/mol. The molecule has 1 aromatic carbocycles. The third-order valence-corrected chi connectivity index (χ3v) is 2.63. The van der Waals surface area contributed by atoms with Gasteiger partial charge in [-0.2, -0.15) is 0 Å². The van der Waals surface area contributed by atoms with E-state index in [9.17, 15) is 4.79 Å². The van der Waals surface area contributed by atoms with Crippen molar-refractivity contribution in [2.24, 2.45) is 0 Å². The van der Waals surface area contributed by atoms with E-state index in [1.807, 2.05) is 38.1 Å². The van der Waals surface area contributed by atoms with Gasteiger partial charge in [-0.15, -0.1) is 0 Å². The van der Waals surface area contributed by atoms with Gasteiger partial charge in [-0.25, -0.2) is 0 Å². The Hall–Kier alpha value is -2.16. The van der Waals surface area contributed by atoms with E-state index in [1.165, 1.54) is 0 Å². The maximum atomic E-state index is 11.8. The molecule has 0 saturated heterocycles. The molecule has 0 spiro atoms. The average molecular weight is 241 g/mol. The van der Waals surface area contributed by atoms with Crippen LogP contribution in [0.15, 0.2) is 42.7 Å². The topological polar surface area (TPSA) is 39.2 Å². The van der Waals surface area contributed by atoms with Crippen LogP contribution in [0, 0.1) is 13.8 Å². The number of esters is 1. The lowest BCUT2D eigenvalue weighted by Gasteiger charge is -2.07. The Balaban J connectivity index is 2.03. The highest BCUT2D eigenvalue weighted by molar-refractivity contribution is 5.75. The Labute approximate surface area is 106 Å². The molecule has 2 rings (SSSR count). The van der Waals surface area contributed by atoms with Gasteiger partial charge in [0.2, 0.25) is 0 Å². The molecule has 1 heterocycles. The number of ether oxygens (including phenoxy) is 1. The maximum absolute atomic E-state index is 11.8. The van der Waals surface area contributed by atoms with Crippen LogP contribution in [-0.2, 0) is 11.2 Å². The summed E-state index contributed by atoms with van der Waals surface area (Å²) in [6, 6.07) is 9.41. The van der Waals surface area contributed by atoms with E-state index in [1.54, 1.807) is 18.5 Å². The zero-order chi connectivity index (χ0) is 13.0. The first-order valence-corrected chi connectivity index (χ1v) is 5.82. The number of nitrogens with zero attached hydrogens (tertiary/aromatic N) is 1. The molecule has 2 aromatic rings. The van der Waals surface area contributed by atoms with Crippen molar-refractivity contribution >= 4 is 5.97 Å². The van der Waals surface area contributed by atoms with Gasteiger partial charge in [0.05, 0.1) is 6.42 Å². The highest BCUT2D eigenvalue weighted by Crippen LogP contribution is 2.19. The van der Waals surface area contributed by atoms with Crippen molar-refractivity contribution in [2.75, 3.05) is 0 Å². The lowest BCUT2D eigenvalue weighted by Crippen LogP contribution is -2.12. The van der Waals surface area contributed by atoms with Crippen LogP contribution in [0.25, 0.3) is 0 Å². The van der Waals surface area contributed by atoms with Crippen molar-refractivity contribution in [3.8, 4) is 5.75 Å². The number of carbonyl (C=O) groups excluding carboxylic acids is 1. The smallest absolute Gasteiger partial charge is 0.315 e. The van der Waals surface area contributed by atoms with Gasteiger partial charge in [-0.05, 0) is 37.1 Å². The molecule has 0 aliphatic heterocycles. The normalized spacial score (nSPS) is 10.1. The quantitative estimate of drug-likeness (QED) is 0.612. The molecular formula is C15H15NO2. The number of benzene rings is 1. The molecule has 18 heavy (non-hydrogen) atoms. The summed E-state index contributed by atoms with van der Waals surface area (Å²) in [4.78, 5) is 15.7. The maximum Gasteiger partial charge on any atom is 0.315 e. The van der Waals surface area contributed by atoms with Gasteiger partial charge in [0.1, 0.15) is 5.75 Å². The van der Waals surface area contributed by atoms with E-state index >= 15 is 0 Å². The monoisotopic (exact) mass is 241 g/mol. The number of rotatable bonds is 3. The summed E-state index contributed by atoms with van der Waals surface area (Å²) < 4.78 is 5.34. The first-order chi connectivity index (χ1) is 8.65. The summed E-state index contributed by atoms with van der Waals surface area (Å²) in [5, 5.41) is 0. The minimum atomic E-state index is -0.269. The summed E-state index contributed by atoms with van der Waals surface area (Å²) in [7, 11) is 0. The number of carbonyl (C=O) groups is 1. The first-order valence-electron chi connectivity index (χ1n) is 5.82. The van der Waals surface area contributed by atoms with Crippen molar-refractivity contribution in [2.45, 2.75) is 20.3 Å². The van der Waals surface area contributed by atoms with Crippen LogP contribution in [-0.4, -0.2) is 11.0 Å². The molecule has 0 unspecified atom stereocenters. The second-order valence-electron chi connectivity index (χ2n) is 4.28. The van der Waals surface area contributed by atoms with Crippen LogP contribution in [0.1, 0.15) is 16.7 Å². The third-order valence-electron chi connectivity index (χ3n) is 2.63. The van der Waals surface area contributed by atoms with Crippen LogP contribution in [0.5, 0.6) is 5.75 Å². The van der Waals surface area contributed by atoms with Gasteiger partial charge in [-0.1, -0.05) is 23.8 Å². The number of aromatic nitrogens is 1. The summed E-state index contributed by atoms with van der Waals surface area (Å²) in [6.07, 6.45) is 3.59. The molecule has 0 saturated carbocycles. The molecular weight excluding hydrogens is 226 g/mol. The molecule has 0 fully saturated rings. The van der Waals surface area contributed by atoms with E-state index < -0.39 is 0 Å². The Morgan fingerprint density at radius 2 is 2.11 bits per heavy atom. The van der Waals surface area contributed by atoms with Gasteiger partial charge in [0, 0.05) is 12.4 Å². The molecule has 0 atom stereocenters. The minimum absolute atomic E-state index is 0.237. The Morgan fingerprint density at radius 1 is 1.28 bits per heavy atom. The fourth-order valence-corrected chi connectivity index (χ4v) is 1.74. The van der Waals surface area contributed by atoms with E-state index in [0.29, 0.717) is 5.75 Å². The van der Waals surface area contributed by atoms with Gasteiger partial charge >= 0.3 is 5.97 Å². The van der Waals surface area contributed by atoms with Crippen molar-refractivity contribution in [3.63, 3.8) is 0 Å². The number of hydrogen-bond donors (Lipinski definition) is 0. The molecule has 0 aliphatic rings. The average Bonchev–Trinajstić information content (AvgIpc) is 2.34. The summed E-state index contributed by atoms with van der Waals surface area (Å²) in [5.74, 6) is 0.351. The standard InChI is InChI=1S/C15H15NO2/c1-11-5-6-14(12(2)8-11)18-15(17)9-13-4-3-7-16-10-13/h3-8,10H,9H2,1-2H3. The van der Waals surface area contributed by atoms with Crippen LogP contribution in [0.4, 0.5) is 0 Å². The second kappa shape index (κ2) is 5.45. The molecule has 92 valence electrons. The van der Waals surface area contributed by atoms with Crippen molar-refractivity contribution in [1.29, 1.82) is 0 Å². The van der Waals surface area contributed by atoms with Crippen molar-refractivity contribution in [3.05, 3.63) is 59.4 Å². The molecule has 0 bridgehead atoms. The zero-order valence-corrected chi connectivity index (χ0v) is 10.5. The molecule has 3 nitrogen and oxygen atoms in total. The Bertz CT molecular complexity index is 550. The van der Waals surface area contributed by atoms with Crippen LogP contribution < -0.4 is 4.74 Å². The molecule has 1 aromatic heterocycles. The Morgan fingerprint density at radius 3 is 2.78 bits per heavy atom. The zero-order valence-electron chi connectivity index (χ0n) is 10.5. The van der Waals surface area contributed by atoms with E-state index in [4.69, 9.17) is 4.74 Å². The fraction of sp³-hybridized carbons (Fsp3) is 0.200. The third kappa shape index (κ3) is 3.17. The molecule has 0 amide bonds. The SMILES string of the molecule is Cc1ccc(OC(=O)Cc2cccnc2)c(C)c1. The first kappa shape index (κ1) is 12.3. The van der Waals surface area contributed by atoms with Crippen LogP contribution in [0.2, 0.25) is 0 Å². The van der Waals surface area contributed by atoms with E-state index in [-0.39, 0.29) is 12.4 Å². The van der Waals surface area contributed by atoms with Crippen molar-refractivity contribution in [1.82, 2.24) is 4.98 Å². The molecule has 0 radical (unpaired) electrons. The highest BCUT2D eigenvalue weighted by atomic mass is 16.5. The summed E-state index contributed by atoms with van der Waals surface area (Å²) in [5.41, 5.74) is 2.97. The van der Waals surface area contributed by atoms with Gasteiger partial charge in [0.25, 0.3) is 0 Å². The fourth-order valence-electron chi connectivity index (χ4n) is 1.74. The molecule has 0 N–H and O–H groups in total. The Kier molecular flexibility index (Phi) is 3.72. The second-order valence-corrected chi connectivity index (χ2v) is 4.28. The van der Waals surface area contributed by atoms with E-state index in [2.05, 4.69) is 4.98 Å². The molecule has 3 heteroatoms. The van der Waals surface area contributed by atoms with Gasteiger partial charge in [0.15, 0.2) is 0 Å². The van der Waals surface area contributed by atoms with Crippen LogP contribution in [0.3, 0.4) is 0 Å². The number of aryl methyl sites for hydroxylation is 2. The molecule has 0 aliphatic carbocycles. The van der Waals surface area contributed by atoms with Gasteiger partial charge < -0.3 is 4.74 Å². The highest BCUT2D eigenvalue weighted by Gasteiger charge is 2.08. The van der Waals surface area contributed by atoms with E-state index in [0.717, 1.165) is 16.7 Å².